The number of aliphatic imine (C=N–C) groups is 1. The van der Waals surface area contributed by atoms with Gasteiger partial charge >= 0.3 is 5.89 Å². The highest BCUT2D eigenvalue weighted by atomic mass is 16.4. The van der Waals surface area contributed by atoms with Crippen molar-refractivity contribution in [2.75, 3.05) is 11.4 Å². The van der Waals surface area contributed by atoms with Gasteiger partial charge in [0.2, 0.25) is 5.58 Å². The minimum Gasteiger partial charge on any atom is -0.398 e. The fraction of sp³-hybridized carbons (Fsp3) is 0.333. The zero-order chi connectivity index (χ0) is 30.2. The maximum absolute atomic E-state index is 6.61. The molecule has 4 aromatic rings. The predicted octanol–water partition coefficient (Wildman–Crippen LogP) is 8.58. The maximum atomic E-state index is 6.61. The fourth-order valence-corrected chi connectivity index (χ4v) is 6.48. The van der Waals surface area contributed by atoms with Crippen LogP contribution in [0.1, 0.15) is 90.6 Å². The smallest absolute Gasteiger partial charge is 0.375 e. The molecule has 1 aromatic heterocycles. The van der Waals surface area contributed by atoms with Gasteiger partial charge in [-0.25, -0.2) is 0 Å². The van der Waals surface area contributed by atoms with Crippen LogP contribution in [0.2, 0.25) is 0 Å². The van der Waals surface area contributed by atoms with E-state index in [2.05, 4.69) is 136 Å². The number of nitrogens with zero attached hydrogens (tertiary/aromatic N) is 3. The van der Waals surface area contributed by atoms with Crippen LogP contribution in [0.15, 0.2) is 58.0 Å². The van der Waals surface area contributed by atoms with Gasteiger partial charge < -0.3 is 4.42 Å². The van der Waals surface area contributed by atoms with E-state index in [1.807, 2.05) is 6.21 Å². The molecule has 0 N–H and O–H groups in total. The molecule has 1 aliphatic heterocycles. The van der Waals surface area contributed by atoms with Crippen LogP contribution in [0.3, 0.4) is 0 Å². The van der Waals surface area contributed by atoms with Crippen LogP contribution in [0.5, 0.6) is 0 Å². The molecule has 0 bridgehead atoms. The Hall–Kier alpha value is -4.36. The Morgan fingerprint density at radius 3 is 2.44 bits per heavy atom. The molecule has 4 heteroatoms. The molecular formula is C39H42N3O+. The van der Waals surface area contributed by atoms with E-state index in [9.17, 15) is 0 Å². The molecule has 0 radical (unpaired) electrons. The zero-order valence-electron chi connectivity index (χ0n) is 26.6. The van der Waals surface area contributed by atoms with E-state index in [1.54, 1.807) is 0 Å². The van der Waals surface area contributed by atoms with Crippen molar-refractivity contribution in [1.29, 1.82) is 0 Å². The number of aryl methyl sites for hydroxylation is 4. The number of anilines is 1. The van der Waals surface area contributed by atoms with Crippen molar-refractivity contribution in [3.8, 4) is 12.0 Å². The average molecular weight is 569 g/mol. The van der Waals surface area contributed by atoms with Gasteiger partial charge in [-0.3, -0.25) is 9.89 Å². The van der Waals surface area contributed by atoms with Gasteiger partial charge in [-0.2, -0.15) is 4.57 Å². The maximum Gasteiger partial charge on any atom is 0.375 e. The highest BCUT2D eigenvalue weighted by Crippen LogP contribution is 2.34. The fourth-order valence-electron chi connectivity index (χ4n) is 6.48. The second kappa shape index (κ2) is 11.7. The first kappa shape index (κ1) is 28.7. The second-order valence-electron chi connectivity index (χ2n) is 12.6. The summed E-state index contributed by atoms with van der Waals surface area (Å²) in [5, 5.41) is 0. The van der Waals surface area contributed by atoms with Crippen molar-refractivity contribution in [3.63, 3.8) is 0 Å². The van der Waals surface area contributed by atoms with Crippen molar-refractivity contribution in [3.05, 3.63) is 98.9 Å². The van der Waals surface area contributed by atoms with Gasteiger partial charge in [-0.15, -0.1) is 0 Å². The summed E-state index contributed by atoms with van der Waals surface area (Å²) in [6.07, 6.45) is 11.8. The lowest BCUT2D eigenvalue weighted by Gasteiger charge is -2.28. The standard InChI is InChI=1S/C39H42N3O/c1-25(2)41(38-29(7)12-13-30-10-8-9-11-34(30)38)19-17-32(33-21-27(5)20-28(6)22-33)23-37-42(26(3)4)39-35-24-40-18-16-31(35)14-15-36(39)43-37/h9,11-15,20-26H,8,10,16,18H2,1-7H3/q+1. The van der Waals surface area contributed by atoms with E-state index >= 15 is 0 Å². The van der Waals surface area contributed by atoms with Crippen LogP contribution in [0.25, 0.3) is 28.8 Å². The van der Waals surface area contributed by atoms with Crippen LogP contribution in [0, 0.1) is 32.7 Å². The van der Waals surface area contributed by atoms with Gasteiger partial charge in [0.1, 0.15) is 0 Å². The van der Waals surface area contributed by atoms with Gasteiger partial charge in [-0.05, 0) is 102 Å². The van der Waals surface area contributed by atoms with Crippen molar-refractivity contribution >= 4 is 40.7 Å². The molecule has 0 unspecified atom stereocenters. The number of benzene rings is 3. The molecule has 6 rings (SSSR count). The average Bonchev–Trinajstić information content (AvgIpc) is 3.36. The normalized spacial score (nSPS) is 14.2. The predicted molar refractivity (Wildman–Crippen MR) is 181 cm³/mol. The third-order valence-corrected chi connectivity index (χ3v) is 8.45. The van der Waals surface area contributed by atoms with E-state index in [4.69, 9.17) is 4.42 Å². The summed E-state index contributed by atoms with van der Waals surface area (Å²) in [6.45, 7) is 16.2. The van der Waals surface area contributed by atoms with Gasteiger partial charge in [-0.1, -0.05) is 59.7 Å². The lowest BCUT2D eigenvalue weighted by atomic mass is 9.92. The zero-order valence-corrected chi connectivity index (χ0v) is 26.6. The summed E-state index contributed by atoms with van der Waals surface area (Å²) < 4.78 is 8.91. The van der Waals surface area contributed by atoms with E-state index in [0.717, 1.165) is 53.9 Å². The lowest BCUT2D eigenvalue weighted by molar-refractivity contribution is -0.697. The highest BCUT2D eigenvalue weighted by molar-refractivity contribution is 5.97. The number of hydrogen-bond acceptors (Lipinski definition) is 3. The number of rotatable bonds is 5. The molecule has 4 nitrogen and oxygen atoms in total. The van der Waals surface area contributed by atoms with Crippen LogP contribution in [-0.2, 0) is 12.8 Å². The first-order chi connectivity index (χ1) is 20.7. The van der Waals surface area contributed by atoms with Crippen molar-refractivity contribution in [2.45, 2.75) is 79.8 Å². The van der Waals surface area contributed by atoms with E-state index < -0.39 is 0 Å². The van der Waals surface area contributed by atoms with Crippen molar-refractivity contribution in [1.82, 2.24) is 0 Å². The summed E-state index contributed by atoms with van der Waals surface area (Å²) in [4.78, 5) is 6.86. The number of fused-ring (bicyclic) bond motifs is 4. The Labute approximate surface area is 256 Å². The quantitative estimate of drug-likeness (QED) is 0.137. The minimum absolute atomic E-state index is 0.195. The molecule has 0 amide bonds. The van der Waals surface area contributed by atoms with Gasteiger partial charge in [0, 0.05) is 36.0 Å². The topological polar surface area (TPSA) is 32.6 Å². The van der Waals surface area contributed by atoms with Gasteiger partial charge in [0.05, 0.1) is 17.3 Å². The Morgan fingerprint density at radius 2 is 1.70 bits per heavy atom. The number of hydrogen-bond donors (Lipinski definition) is 0. The molecule has 0 fully saturated rings. The van der Waals surface area contributed by atoms with Crippen molar-refractivity contribution in [2.24, 2.45) is 4.99 Å². The molecule has 0 atom stereocenters. The molecule has 0 saturated carbocycles. The summed E-state index contributed by atoms with van der Waals surface area (Å²) in [5.41, 5.74) is 14.1. The Balaban J connectivity index is 1.56. The largest absolute Gasteiger partial charge is 0.398 e. The summed E-state index contributed by atoms with van der Waals surface area (Å²) in [5.74, 6) is 4.44. The van der Waals surface area contributed by atoms with Crippen LogP contribution >= 0.6 is 0 Å². The molecule has 43 heavy (non-hydrogen) atoms. The third-order valence-electron chi connectivity index (χ3n) is 8.45. The van der Waals surface area contributed by atoms with E-state index in [0.29, 0.717) is 0 Å². The Kier molecular flexibility index (Phi) is 7.84. The molecule has 0 saturated heterocycles. The summed E-state index contributed by atoms with van der Waals surface area (Å²) >= 11 is 0. The first-order valence-electron chi connectivity index (χ1n) is 15.6. The summed E-state index contributed by atoms with van der Waals surface area (Å²) in [7, 11) is 0. The lowest BCUT2D eigenvalue weighted by Crippen LogP contribution is -2.38. The van der Waals surface area contributed by atoms with Crippen LogP contribution in [0.4, 0.5) is 5.69 Å². The number of allylic oxidation sites excluding steroid dienone is 2. The first-order valence-corrected chi connectivity index (χ1v) is 15.6. The van der Waals surface area contributed by atoms with Gasteiger partial charge in [0.15, 0.2) is 6.04 Å². The number of aromatic nitrogens is 1. The monoisotopic (exact) mass is 568 g/mol. The van der Waals surface area contributed by atoms with E-state index in [1.165, 1.54) is 44.6 Å². The summed E-state index contributed by atoms with van der Waals surface area (Å²) in [6, 6.07) is 19.5. The highest BCUT2D eigenvalue weighted by Gasteiger charge is 2.29. The van der Waals surface area contributed by atoms with E-state index in [-0.39, 0.29) is 12.1 Å². The molecule has 1 aliphatic carbocycles. The molecule has 218 valence electrons. The number of oxazole rings is 1. The molecular weight excluding hydrogens is 526 g/mol. The molecule has 2 aliphatic rings. The van der Waals surface area contributed by atoms with Crippen LogP contribution in [-0.4, -0.2) is 18.8 Å². The van der Waals surface area contributed by atoms with Crippen molar-refractivity contribution < 1.29 is 8.98 Å². The van der Waals surface area contributed by atoms with Crippen LogP contribution < -0.4 is 9.47 Å². The molecule has 0 spiro atoms. The third kappa shape index (κ3) is 5.57. The SMILES string of the molecule is Cc1cc(C)cc(/C(C#CN(c2c(C)ccc3c2C=CCC3)C(C)C)=C\c2oc3ccc4c(c3[n+]2C(C)C)C=NCC4)c1. The minimum atomic E-state index is 0.195. The molecule has 2 heterocycles. The van der Waals surface area contributed by atoms with Gasteiger partial charge in [0.25, 0.3) is 5.52 Å². The Bertz CT molecular complexity index is 1850. The molecule has 3 aromatic carbocycles. The Morgan fingerprint density at radius 1 is 0.953 bits per heavy atom. The second-order valence-corrected chi connectivity index (χ2v) is 12.6.